The number of anilines is 1. The lowest BCUT2D eigenvalue weighted by atomic mass is 10.1. The number of sulfone groups is 1. The Morgan fingerprint density at radius 1 is 1.19 bits per heavy atom. The zero-order valence-electron chi connectivity index (χ0n) is 15.1. The Balaban J connectivity index is 1.75. The number of para-hydroxylation sites is 1. The number of amides is 1. The number of halogens is 1. The monoisotopic (exact) mass is 406 g/mol. The number of rotatable bonds is 6. The summed E-state index contributed by atoms with van der Waals surface area (Å²) in [4.78, 5) is 14.6. The van der Waals surface area contributed by atoms with Crippen LogP contribution in [0.15, 0.2) is 54.6 Å². The number of nitrogens with zero attached hydrogens (tertiary/aromatic N) is 1. The van der Waals surface area contributed by atoms with E-state index in [4.69, 9.17) is 11.6 Å². The molecule has 0 aliphatic carbocycles. The number of carbonyl (C=O) groups is 1. The first-order chi connectivity index (χ1) is 12.9. The molecule has 1 N–H and O–H groups in total. The third-order valence-electron chi connectivity index (χ3n) is 4.81. The smallest absolute Gasteiger partial charge is 0.241 e. The lowest BCUT2D eigenvalue weighted by Gasteiger charge is -2.29. The summed E-state index contributed by atoms with van der Waals surface area (Å²) in [5.74, 6) is -0.0203. The van der Waals surface area contributed by atoms with Crippen molar-refractivity contribution in [2.45, 2.75) is 25.4 Å². The molecule has 2 aromatic rings. The third-order valence-corrected chi connectivity index (χ3v) is 6.90. The van der Waals surface area contributed by atoms with Crippen LogP contribution < -0.4 is 10.2 Å². The SMILES string of the molecule is C[C@H](NCC(=O)N(c1ccccc1)[C@@H]1CCS(=O)(=O)C1)c1ccccc1Cl. The molecule has 0 radical (unpaired) electrons. The molecule has 1 amide bonds. The molecule has 1 heterocycles. The Hall–Kier alpha value is -1.89. The first kappa shape index (κ1) is 19.9. The normalized spacial score (nSPS) is 19.6. The van der Waals surface area contributed by atoms with Gasteiger partial charge in [0.1, 0.15) is 0 Å². The fourth-order valence-corrected chi connectivity index (χ4v) is 5.39. The zero-order chi connectivity index (χ0) is 19.4. The van der Waals surface area contributed by atoms with Gasteiger partial charge in [-0.2, -0.15) is 0 Å². The van der Waals surface area contributed by atoms with Crippen molar-refractivity contribution in [1.82, 2.24) is 5.32 Å². The Bertz CT molecular complexity index is 902. The van der Waals surface area contributed by atoms with Gasteiger partial charge in [0.05, 0.1) is 24.1 Å². The lowest BCUT2D eigenvalue weighted by molar-refractivity contribution is -0.118. The zero-order valence-corrected chi connectivity index (χ0v) is 16.7. The molecule has 0 bridgehead atoms. The molecule has 0 saturated carbocycles. The standard InChI is InChI=1S/C20H23ClN2O3S/c1-15(18-9-5-6-10-19(18)21)22-13-20(24)23(16-7-3-2-4-8-16)17-11-12-27(25,26)14-17/h2-10,15,17,22H,11-14H2,1H3/t15-,17+/m0/s1. The molecule has 1 saturated heterocycles. The minimum atomic E-state index is -3.09. The topological polar surface area (TPSA) is 66.5 Å². The average molecular weight is 407 g/mol. The summed E-state index contributed by atoms with van der Waals surface area (Å²) in [5.41, 5.74) is 1.64. The van der Waals surface area contributed by atoms with Crippen LogP contribution in [-0.2, 0) is 14.6 Å². The molecule has 1 fully saturated rings. The number of carbonyl (C=O) groups excluding carboxylic acids is 1. The van der Waals surface area contributed by atoms with E-state index in [0.717, 1.165) is 11.3 Å². The Morgan fingerprint density at radius 2 is 1.85 bits per heavy atom. The highest BCUT2D eigenvalue weighted by molar-refractivity contribution is 7.91. The van der Waals surface area contributed by atoms with Gasteiger partial charge in [0.15, 0.2) is 9.84 Å². The minimum Gasteiger partial charge on any atom is -0.307 e. The van der Waals surface area contributed by atoms with Crippen molar-refractivity contribution in [2.75, 3.05) is 23.0 Å². The van der Waals surface area contributed by atoms with Crippen molar-refractivity contribution in [2.24, 2.45) is 0 Å². The highest BCUT2D eigenvalue weighted by atomic mass is 35.5. The first-order valence-electron chi connectivity index (χ1n) is 8.93. The summed E-state index contributed by atoms with van der Waals surface area (Å²) in [5, 5.41) is 3.85. The Labute approximate surface area is 165 Å². The molecule has 144 valence electrons. The van der Waals surface area contributed by atoms with Crippen LogP contribution >= 0.6 is 11.6 Å². The van der Waals surface area contributed by atoms with Crippen molar-refractivity contribution in [3.63, 3.8) is 0 Å². The molecule has 27 heavy (non-hydrogen) atoms. The van der Waals surface area contributed by atoms with Gasteiger partial charge in [-0.25, -0.2) is 8.42 Å². The van der Waals surface area contributed by atoms with Gasteiger partial charge in [-0.1, -0.05) is 48.0 Å². The molecular weight excluding hydrogens is 384 g/mol. The van der Waals surface area contributed by atoms with Gasteiger partial charge in [0, 0.05) is 16.8 Å². The number of hydrogen-bond acceptors (Lipinski definition) is 4. The van der Waals surface area contributed by atoms with Crippen LogP contribution in [0, 0.1) is 0 Å². The molecule has 0 unspecified atom stereocenters. The number of hydrogen-bond donors (Lipinski definition) is 1. The summed E-state index contributed by atoms with van der Waals surface area (Å²) in [6, 6.07) is 16.3. The van der Waals surface area contributed by atoms with Gasteiger partial charge in [0.25, 0.3) is 0 Å². The second-order valence-electron chi connectivity index (χ2n) is 6.78. The maximum atomic E-state index is 13.0. The fraction of sp³-hybridized carbons (Fsp3) is 0.350. The van der Waals surface area contributed by atoms with Crippen molar-refractivity contribution in [1.29, 1.82) is 0 Å². The quantitative estimate of drug-likeness (QED) is 0.799. The minimum absolute atomic E-state index is 0.00764. The van der Waals surface area contributed by atoms with Crippen LogP contribution in [0.3, 0.4) is 0 Å². The maximum Gasteiger partial charge on any atom is 0.241 e. The van der Waals surface area contributed by atoms with E-state index in [-0.39, 0.29) is 36.0 Å². The Kier molecular flexibility index (Phi) is 6.19. The van der Waals surface area contributed by atoms with E-state index in [1.807, 2.05) is 61.5 Å². The van der Waals surface area contributed by atoms with Crippen LogP contribution in [0.25, 0.3) is 0 Å². The van der Waals surface area contributed by atoms with Gasteiger partial charge >= 0.3 is 0 Å². The number of benzene rings is 2. The van der Waals surface area contributed by atoms with Gasteiger partial charge in [-0.15, -0.1) is 0 Å². The van der Waals surface area contributed by atoms with E-state index in [1.54, 1.807) is 4.90 Å². The Morgan fingerprint density at radius 3 is 2.48 bits per heavy atom. The number of nitrogens with one attached hydrogen (secondary N) is 1. The predicted octanol–water partition coefficient (Wildman–Crippen LogP) is 3.21. The molecule has 2 atom stereocenters. The summed E-state index contributed by atoms with van der Waals surface area (Å²) >= 11 is 6.23. The van der Waals surface area contributed by atoms with Crippen molar-refractivity contribution in [3.8, 4) is 0 Å². The molecule has 2 aromatic carbocycles. The van der Waals surface area contributed by atoms with Crippen molar-refractivity contribution in [3.05, 3.63) is 65.2 Å². The van der Waals surface area contributed by atoms with E-state index in [2.05, 4.69) is 5.32 Å². The van der Waals surface area contributed by atoms with Gasteiger partial charge in [0.2, 0.25) is 5.91 Å². The highest BCUT2D eigenvalue weighted by Gasteiger charge is 2.35. The summed E-state index contributed by atoms with van der Waals surface area (Å²) < 4.78 is 23.8. The van der Waals surface area contributed by atoms with Gasteiger partial charge in [-0.3, -0.25) is 4.79 Å². The summed E-state index contributed by atoms with van der Waals surface area (Å²) in [7, 11) is -3.09. The van der Waals surface area contributed by atoms with E-state index in [1.165, 1.54) is 0 Å². The average Bonchev–Trinajstić information content (AvgIpc) is 3.00. The van der Waals surface area contributed by atoms with Crippen molar-refractivity contribution < 1.29 is 13.2 Å². The molecule has 1 aliphatic heterocycles. The second kappa shape index (κ2) is 8.42. The van der Waals surface area contributed by atoms with E-state index in [0.29, 0.717) is 11.4 Å². The van der Waals surface area contributed by atoms with E-state index in [9.17, 15) is 13.2 Å². The third kappa shape index (κ3) is 4.89. The molecule has 3 rings (SSSR count). The molecule has 0 spiro atoms. The van der Waals surface area contributed by atoms with E-state index >= 15 is 0 Å². The summed E-state index contributed by atoms with van der Waals surface area (Å²) in [6.07, 6.45) is 0.461. The van der Waals surface area contributed by atoms with Gasteiger partial charge in [-0.05, 0) is 37.1 Å². The van der Waals surface area contributed by atoms with E-state index < -0.39 is 9.84 Å². The van der Waals surface area contributed by atoms with Crippen LogP contribution in [0.1, 0.15) is 24.9 Å². The van der Waals surface area contributed by atoms with Gasteiger partial charge < -0.3 is 10.2 Å². The van der Waals surface area contributed by atoms with Crippen LogP contribution in [0.2, 0.25) is 5.02 Å². The van der Waals surface area contributed by atoms with Crippen LogP contribution in [0.4, 0.5) is 5.69 Å². The molecule has 7 heteroatoms. The fourth-order valence-electron chi connectivity index (χ4n) is 3.39. The molecule has 5 nitrogen and oxygen atoms in total. The predicted molar refractivity (Wildman–Crippen MR) is 109 cm³/mol. The largest absolute Gasteiger partial charge is 0.307 e. The van der Waals surface area contributed by atoms with Crippen LogP contribution in [0.5, 0.6) is 0 Å². The molecular formula is C20H23ClN2O3S. The molecule has 0 aromatic heterocycles. The maximum absolute atomic E-state index is 13.0. The lowest BCUT2D eigenvalue weighted by Crippen LogP contribution is -2.46. The molecule has 1 aliphatic rings. The van der Waals surface area contributed by atoms with Crippen LogP contribution in [-0.4, -0.2) is 38.4 Å². The second-order valence-corrected chi connectivity index (χ2v) is 9.42. The van der Waals surface area contributed by atoms with Crippen molar-refractivity contribution >= 4 is 33.0 Å². The highest BCUT2D eigenvalue weighted by Crippen LogP contribution is 2.25. The first-order valence-corrected chi connectivity index (χ1v) is 11.1. The summed E-state index contributed by atoms with van der Waals surface area (Å²) in [6.45, 7) is 2.04.